The molecule has 0 unspecified atom stereocenters. The van der Waals surface area contributed by atoms with Gasteiger partial charge in [-0.1, -0.05) is 35.9 Å². The van der Waals surface area contributed by atoms with E-state index in [-0.39, 0.29) is 24.8 Å². The summed E-state index contributed by atoms with van der Waals surface area (Å²) in [5, 5.41) is 6.87. The minimum atomic E-state index is -0.385. The van der Waals surface area contributed by atoms with Crippen molar-refractivity contribution in [3.8, 4) is 5.75 Å². The first kappa shape index (κ1) is 20.2. The second kappa shape index (κ2) is 9.52. The van der Waals surface area contributed by atoms with Crippen LogP contribution in [-0.4, -0.2) is 24.1 Å². The molecular weight excluding hydrogens is 342 g/mol. The first-order chi connectivity index (χ1) is 12.8. The highest BCUT2D eigenvalue weighted by molar-refractivity contribution is 6.06. The number of hydrogen-bond acceptors (Lipinski definition) is 4. The number of ether oxygens (including phenoxy) is 1. The molecule has 0 fully saturated rings. The fourth-order valence-electron chi connectivity index (χ4n) is 2.69. The molecule has 2 rings (SSSR count). The minimum Gasteiger partial charge on any atom is -0.484 e. The lowest BCUT2D eigenvalue weighted by molar-refractivity contribution is -0.123. The molecule has 0 spiro atoms. The summed E-state index contributed by atoms with van der Waals surface area (Å²) in [5.41, 5.74) is 6.90. The van der Waals surface area contributed by atoms with Crippen LogP contribution < -0.4 is 15.5 Å². The van der Waals surface area contributed by atoms with Gasteiger partial charge in [0.25, 0.3) is 5.91 Å². The molecule has 6 heteroatoms. The van der Waals surface area contributed by atoms with Gasteiger partial charge < -0.3 is 10.1 Å². The van der Waals surface area contributed by atoms with Crippen LogP contribution in [0, 0.1) is 20.8 Å². The van der Waals surface area contributed by atoms with E-state index in [1.54, 1.807) is 19.1 Å². The van der Waals surface area contributed by atoms with Gasteiger partial charge in [-0.2, -0.15) is 5.10 Å². The Morgan fingerprint density at radius 2 is 1.63 bits per heavy atom. The number of amides is 2. The highest BCUT2D eigenvalue weighted by Crippen LogP contribution is 2.22. The third-order valence-electron chi connectivity index (χ3n) is 3.84. The summed E-state index contributed by atoms with van der Waals surface area (Å²) in [7, 11) is 0. The van der Waals surface area contributed by atoms with Crippen molar-refractivity contribution in [1.29, 1.82) is 0 Å². The normalized spacial score (nSPS) is 11.0. The smallest absolute Gasteiger partial charge is 0.277 e. The highest BCUT2D eigenvalue weighted by Gasteiger charge is 2.10. The number of nitrogens with one attached hydrogen (secondary N) is 2. The Labute approximate surface area is 159 Å². The molecule has 2 aromatic carbocycles. The number of nitrogens with zero attached hydrogens (tertiary/aromatic N) is 1. The number of hydrazone groups is 1. The molecule has 0 radical (unpaired) electrons. The van der Waals surface area contributed by atoms with E-state index in [4.69, 9.17) is 4.74 Å². The molecular formula is C21H25N3O3. The topological polar surface area (TPSA) is 79.8 Å². The molecule has 2 aromatic rings. The second-order valence-electron chi connectivity index (χ2n) is 6.48. The summed E-state index contributed by atoms with van der Waals surface area (Å²) < 4.78 is 5.34. The van der Waals surface area contributed by atoms with Crippen molar-refractivity contribution in [3.05, 3.63) is 59.2 Å². The van der Waals surface area contributed by atoms with Gasteiger partial charge in [-0.3, -0.25) is 9.59 Å². The predicted molar refractivity (Wildman–Crippen MR) is 107 cm³/mol. The molecule has 0 saturated carbocycles. The van der Waals surface area contributed by atoms with Crippen LogP contribution >= 0.6 is 0 Å². The number of para-hydroxylation sites is 1. The van der Waals surface area contributed by atoms with Crippen molar-refractivity contribution < 1.29 is 14.3 Å². The average molecular weight is 367 g/mol. The molecule has 27 heavy (non-hydrogen) atoms. The van der Waals surface area contributed by atoms with Crippen LogP contribution in [-0.2, 0) is 9.59 Å². The van der Waals surface area contributed by atoms with Crippen LogP contribution in [0.3, 0.4) is 0 Å². The Bertz CT molecular complexity index is 822. The largest absolute Gasteiger partial charge is 0.484 e. The summed E-state index contributed by atoms with van der Waals surface area (Å²) in [6, 6.07) is 13.1. The Hall–Kier alpha value is -3.15. The number of rotatable bonds is 7. The first-order valence-electron chi connectivity index (χ1n) is 8.72. The van der Waals surface area contributed by atoms with Crippen LogP contribution in [0.5, 0.6) is 5.75 Å². The molecule has 0 aliphatic carbocycles. The predicted octanol–water partition coefficient (Wildman–Crippen LogP) is 3.51. The molecule has 142 valence electrons. The van der Waals surface area contributed by atoms with E-state index in [0.29, 0.717) is 11.5 Å². The fourth-order valence-corrected chi connectivity index (χ4v) is 2.69. The molecule has 0 bridgehead atoms. The van der Waals surface area contributed by atoms with Gasteiger partial charge >= 0.3 is 0 Å². The van der Waals surface area contributed by atoms with Crippen molar-refractivity contribution in [3.63, 3.8) is 0 Å². The van der Waals surface area contributed by atoms with E-state index in [1.165, 1.54) is 0 Å². The standard InChI is InChI=1S/C21H25N3O3/c1-14-10-15(2)21(16(3)11-14)22-19(25)12-17(4)23-24-20(26)13-27-18-8-6-5-7-9-18/h5-11H,12-13H2,1-4H3,(H,22,25)(H,24,26). The van der Waals surface area contributed by atoms with Crippen LogP contribution in [0.4, 0.5) is 5.69 Å². The molecule has 2 amide bonds. The highest BCUT2D eigenvalue weighted by atomic mass is 16.5. The van der Waals surface area contributed by atoms with Crippen molar-refractivity contribution in [2.45, 2.75) is 34.1 Å². The minimum absolute atomic E-state index is 0.0899. The number of benzene rings is 2. The SMILES string of the molecule is CC(CC(=O)Nc1c(C)cc(C)cc1C)=NNC(=O)COc1ccccc1. The molecule has 0 atom stereocenters. The lowest BCUT2D eigenvalue weighted by Crippen LogP contribution is -2.26. The zero-order valence-electron chi connectivity index (χ0n) is 16.1. The summed E-state index contributed by atoms with van der Waals surface area (Å²) in [6.45, 7) is 7.49. The number of carbonyl (C=O) groups excluding carboxylic acids is 2. The van der Waals surface area contributed by atoms with Crippen molar-refractivity contribution >= 4 is 23.2 Å². The number of anilines is 1. The van der Waals surface area contributed by atoms with Crippen molar-refractivity contribution in [2.75, 3.05) is 11.9 Å². The van der Waals surface area contributed by atoms with Crippen LogP contribution in [0.1, 0.15) is 30.0 Å². The van der Waals surface area contributed by atoms with Gasteiger partial charge in [-0.25, -0.2) is 5.43 Å². The monoisotopic (exact) mass is 367 g/mol. The van der Waals surface area contributed by atoms with Gasteiger partial charge in [0.15, 0.2) is 6.61 Å². The second-order valence-corrected chi connectivity index (χ2v) is 6.48. The van der Waals surface area contributed by atoms with E-state index < -0.39 is 0 Å². The maximum absolute atomic E-state index is 12.2. The van der Waals surface area contributed by atoms with Crippen molar-refractivity contribution in [2.24, 2.45) is 5.10 Å². The number of carbonyl (C=O) groups is 2. The molecule has 0 heterocycles. The van der Waals surface area contributed by atoms with E-state index in [2.05, 4.69) is 15.8 Å². The Balaban J connectivity index is 1.82. The lowest BCUT2D eigenvalue weighted by Gasteiger charge is -2.12. The molecule has 2 N–H and O–H groups in total. The Morgan fingerprint density at radius 3 is 2.26 bits per heavy atom. The first-order valence-corrected chi connectivity index (χ1v) is 8.72. The molecule has 0 aliphatic rings. The quantitative estimate of drug-likeness (QED) is 0.580. The van der Waals surface area contributed by atoms with Gasteiger partial charge in [0.2, 0.25) is 5.91 Å². The Kier molecular flexibility index (Phi) is 7.11. The number of aryl methyl sites for hydroxylation is 3. The van der Waals surface area contributed by atoms with Crippen LogP contribution in [0.2, 0.25) is 0 Å². The van der Waals surface area contributed by atoms with Gasteiger partial charge in [-0.05, 0) is 51.0 Å². The maximum atomic E-state index is 12.2. The summed E-state index contributed by atoms with van der Waals surface area (Å²) >= 11 is 0. The summed E-state index contributed by atoms with van der Waals surface area (Å²) in [5.74, 6) is 0.0430. The van der Waals surface area contributed by atoms with E-state index in [1.807, 2.05) is 51.1 Å². The van der Waals surface area contributed by atoms with E-state index >= 15 is 0 Å². The number of hydrogen-bond donors (Lipinski definition) is 2. The maximum Gasteiger partial charge on any atom is 0.277 e. The van der Waals surface area contributed by atoms with Gasteiger partial charge in [0, 0.05) is 11.4 Å². The zero-order chi connectivity index (χ0) is 19.8. The third-order valence-corrected chi connectivity index (χ3v) is 3.84. The van der Waals surface area contributed by atoms with Crippen LogP contribution in [0.25, 0.3) is 0 Å². The molecule has 0 saturated heterocycles. The lowest BCUT2D eigenvalue weighted by atomic mass is 10.0. The van der Waals surface area contributed by atoms with Crippen LogP contribution in [0.15, 0.2) is 47.6 Å². The Morgan fingerprint density at radius 1 is 1.00 bits per heavy atom. The summed E-state index contributed by atoms with van der Waals surface area (Å²) in [6.07, 6.45) is 0.0899. The van der Waals surface area contributed by atoms with Gasteiger partial charge in [0.05, 0.1) is 6.42 Å². The van der Waals surface area contributed by atoms with E-state index in [0.717, 1.165) is 22.4 Å². The average Bonchev–Trinajstić information content (AvgIpc) is 2.62. The van der Waals surface area contributed by atoms with Crippen molar-refractivity contribution in [1.82, 2.24) is 5.43 Å². The fraction of sp³-hybridized carbons (Fsp3) is 0.286. The molecule has 0 aromatic heterocycles. The molecule has 6 nitrogen and oxygen atoms in total. The summed E-state index contributed by atoms with van der Waals surface area (Å²) in [4.78, 5) is 24.0. The molecule has 0 aliphatic heterocycles. The third kappa shape index (κ3) is 6.58. The van der Waals surface area contributed by atoms with E-state index in [9.17, 15) is 9.59 Å². The zero-order valence-corrected chi connectivity index (χ0v) is 16.1. The van der Waals surface area contributed by atoms with Gasteiger partial charge in [-0.15, -0.1) is 0 Å². The van der Waals surface area contributed by atoms with Gasteiger partial charge in [0.1, 0.15) is 5.75 Å².